The Morgan fingerprint density at radius 2 is 2.16 bits per heavy atom. The number of pyridine rings is 1. The van der Waals surface area contributed by atoms with Gasteiger partial charge in [-0.2, -0.15) is 0 Å². The summed E-state index contributed by atoms with van der Waals surface area (Å²) < 4.78 is 7.16. The Morgan fingerprint density at radius 3 is 2.84 bits per heavy atom. The molecule has 1 aromatic heterocycles. The van der Waals surface area contributed by atoms with Crippen molar-refractivity contribution in [2.24, 2.45) is 7.05 Å². The van der Waals surface area contributed by atoms with Gasteiger partial charge in [0.1, 0.15) is 0 Å². The summed E-state index contributed by atoms with van der Waals surface area (Å²) >= 11 is 0. The summed E-state index contributed by atoms with van der Waals surface area (Å²) in [7, 11) is 1.66. The predicted octanol–water partition coefficient (Wildman–Crippen LogP) is 2.52. The number of hydrogen-bond acceptors (Lipinski definition) is 3. The van der Waals surface area contributed by atoms with Crippen molar-refractivity contribution in [3.63, 3.8) is 0 Å². The van der Waals surface area contributed by atoms with Crippen LogP contribution < -0.4 is 5.56 Å². The zero-order chi connectivity index (χ0) is 17.8. The second-order valence-electron chi connectivity index (χ2n) is 6.68. The molecule has 1 aliphatic rings. The van der Waals surface area contributed by atoms with Crippen molar-refractivity contribution >= 4 is 5.91 Å². The van der Waals surface area contributed by atoms with Gasteiger partial charge in [-0.1, -0.05) is 29.8 Å². The van der Waals surface area contributed by atoms with E-state index in [0.29, 0.717) is 18.7 Å². The standard InChI is InChI=1S/C20H24N2O3/c1-15-5-3-6-16(11-15)12-22(14-18-7-4-10-25-18)20(24)17-8-9-19(23)21(2)13-17/h3,5-6,8-9,11,13,18H,4,7,10,12,14H2,1-2H3/t18-/m0/s1. The van der Waals surface area contributed by atoms with Gasteiger partial charge in [0.25, 0.3) is 5.91 Å². The number of rotatable bonds is 5. The number of amides is 1. The minimum absolute atomic E-state index is 0.0763. The van der Waals surface area contributed by atoms with Crippen molar-refractivity contribution < 1.29 is 9.53 Å². The van der Waals surface area contributed by atoms with Gasteiger partial charge >= 0.3 is 0 Å². The van der Waals surface area contributed by atoms with Gasteiger partial charge in [0.05, 0.1) is 11.7 Å². The summed E-state index contributed by atoms with van der Waals surface area (Å²) in [4.78, 5) is 26.5. The van der Waals surface area contributed by atoms with Crippen LogP contribution in [0.3, 0.4) is 0 Å². The number of nitrogens with zero attached hydrogens (tertiary/aromatic N) is 2. The van der Waals surface area contributed by atoms with Crippen LogP contribution in [0.25, 0.3) is 0 Å². The summed E-state index contributed by atoms with van der Waals surface area (Å²) in [5.41, 5.74) is 2.66. The second-order valence-corrected chi connectivity index (χ2v) is 6.68. The van der Waals surface area contributed by atoms with E-state index in [9.17, 15) is 9.59 Å². The topological polar surface area (TPSA) is 51.5 Å². The molecule has 0 N–H and O–H groups in total. The monoisotopic (exact) mass is 340 g/mol. The first kappa shape index (κ1) is 17.4. The van der Waals surface area contributed by atoms with Gasteiger partial charge in [0, 0.05) is 39.0 Å². The van der Waals surface area contributed by atoms with E-state index >= 15 is 0 Å². The minimum Gasteiger partial charge on any atom is -0.376 e. The lowest BCUT2D eigenvalue weighted by Crippen LogP contribution is -2.37. The van der Waals surface area contributed by atoms with Gasteiger partial charge in [-0.05, 0) is 31.4 Å². The van der Waals surface area contributed by atoms with Crippen LogP contribution in [0.5, 0.6) is 0 Å². The number of ether oxygens (including phenoxy) is 1. The lowest BCUT2D eigenvalue weighted by Gasteiger charge is -2.26. The lowest BCUT2D eigenvalue weighted by molar-refractivity contribution is 0.0506. The molecule has 2 heterocycles. The van der Waals surface area contributed by atoms with E-state index in [0.717, 1.165) is 25.0 Å². The quantitative estimate of drug-likeness (QED) is 0.840. The molecule has 3 rings (SSSR count). The van der Waals surface area contributed by atoms with Crippen LogP contribution in [0.1, 0.15) is 34.3 Å². The van der Waals surface area contributed by atoms with E-state index in [2.05, 4.69) is 6.07 Å². The van der Waals surface area contributed by atoms with Crippen LogP contribution in [0.2, 0.25) is 0 Å². The molecule has 0 radical (unpaired) electrons. The number of carbonyl (C=O) groups is 1. The molecule has 1 aromatic carbocycles. The maximum Gasteiger partial charge on any atom is 0.255 e. The first-order valence-corrected chi connectivity index (χ1v) is 8.66. The van der Waals surface area contributed by atoms with Crippen LogP contribution in [0.4, 0.5) is 0 Å². The number of aryl methyl sites for hydroxylation is 2. The number of aromatic nitrogens is 1. The second kappa shape index (κ2) is 7.66. The average Bonchev–Trinajstić information content (AvgIpc) is 3.09. The molecule has 1 fully saturated rings. The maximum absolute atomic E-state index is 13.0. The molecule has 0 spiro atoms. The normalized spacial score (nSPS) is 16.8. The Hall–Kier alpha value is -2.40. The third-order valence-corrected chi connectivity index (χ3v) is 4.52. The summed E-state index contributed by atoms with van der Waals surface area (Å²) in [5.74, 6) is -0.0763. The fourth-order valence-corrected chi connectivity index (χ4v) is 3.19. The summed E-state index contributed by atoms with van der Waals surface area (Å²) in [6.07, 6.45) is 3.70. The van der Waals surface area contributed by atoms with Crippen LogP contribution in [-0.2, 0) is 18.3 Å². The molecule has 0 aliphatic carbocycles. The van der Waals surface area contributed by atoms with Crippen molar-refractivity contribution in [3.05, 3.63) is 69.6 Å². The van der Waals surface area contributed by atoms with Crippen molar-refractivity contribution in [1.29, 1.82) is 0 Å². The highest BCUT2D eigenvalue weighted by Gasteiger charge is 2.24. The highest BCUT2D eigenvalue weighted by molar-refractivity contribution is 5.93. The van der Waals surface area contributed by atoms with Gasteiger partial charge in [-0.3, -0.25) is 9.59 Å². The fraction of sp³-hybridized carbons (Fsp3) is 0.400. The molecule has 0 saturated carbocycles. The van der Waals surface area contributed by atoms with E-state index in [4.69, 9.17) is 4.74 Å². The molecule has 1 amide bonds. The van der Waals surface area contributed by atoms with Gasteiger partial charge in [0.15, 0.2) is 0 Å². The molecule has 132 valence electrons. The van der Waals surface area contributed by atoms with Crippen LogP contribution in [0.15, 0.2) is 47.4 Å². The molecule has 1 atom stereocenters. The van der Waals surface area contributed by atoms with Crippen LogP contribution >= 0.6 is 0 Å². The molecular formula is C20H24N2O3. The first-order chi connectivity index (χ1) is 12.0. The van der Waals surface area contributed by atoms with E-state index in [-0.39, 0.29) is 17.6 Å². The highest BCUT2D eigenvalue weighted by atomic mass is 16.5. The summed E-state index contributed by atoms with van der Waals surface area (Å²) in [6.45, 7) is 3.90. The van der Waals surface area contributed by atoms with Crippen LogP contribution in [-0.4, -0.2) is 34.6 Å². The Bertz CT molecular complexity index is 807. The molecular weight excluding hydrogens is 316 g/mol. The van der Waals surface area contributed by atoms with Gasteiger partial charge in [-0.25, -0.2) is 0 Å². The van der Waals surface area contributed by atoms with Gasteiger partial charge < -0.3 is 14.2 Å². The van der Waals surface area contributed by atoms with Crippen LogP contribution in [0, 0.1) is 6.92 Å². The predicted molar refractivity (Wildman–Crippen MR) is 96.6 cm³/mol. The molecule has 0 unspecified atom stereocenters. The zero-order valence-electron chi connectivity index (χ0n) is 14.8. The van der Waals surface area contributed by atoms with Crippen molar-refractivity contribution in [2.75, 3.05) is 13.2 Å². The molecule has 1 aliphatic heterocycles. The third kappa shape index (κ3) is 4.37. The number of carbonyl (C=O) groups excluding carboxylic acids is 1. The molecule has 0 bridgehead atoms. The van der Waals surface area contributed by atoms with E-state index < -0.39 is 0 Å². The summed E-state index contributed by atoms with van der Waals surface area (Å²) in [5, 5.41) is 0. The number of benzene rings is 1. The highest BCUT2D eigenvalue weighted by Crippen LogP contribution is 2.17. The van der Waals surface area contributed by atoms with Gasteiger partial charge in [0.2, 0.25) is 5.56 Å². The Kier molecular flexibility index (Phi) is 5.34. The minimum atomic E-state index is -0.124. The Morgan fingerprint density at radius 1 is 1.32 bits per heavy atom. The van der Waals surface area contributed by atoms with Crippen molar-refractivity contribution in [3.8, 4) is 0 Å². The molecule has 2 aromatic rings. The third-order valence-electron chi connectivity index (χ3n) is 4.52. The SMILES string of the molecule is Cc1cccc(CN(C[C@@H]2CCCO2)C(=O)c2ccc(=O)n(C)c2)c1. The molecule has 5 nitrogen and oxygen atoms in total. The maximum atomic E-state index is 13.0. The van der Waals surface area contributed by atoms with Gasteiger partial charge in [-0.15, -0.1) is 0 Å². The van der Waals surface area contributed by atoms with Crippen molar-refractivity contribution in [1.82, 2.24) is 9.47 Å². The number of hydrogen-bond donors (Lipinski definition) is 0. The van der Waals surface area contributed by atoms with E-state index in [1.807, 2.05) is 30.0 Å². The zero-order valence-corrected chi connectivity index (χ0v) is 14.8. The summed E-state index contributed by atoms with van der Waals surface area (Å²) in [6, 6.07) is 11.2. The molecule has 5 heteroatoms. The van der Waals surface area contributed by atoms with E-state index in [1.165, 1.54) is 16.2 Å². The molecule has 1 saturated heterocycles. The van der Waals surface area contributed by atoms with E-state index in [1.54, 1.807) is 19.3 Å². The Labute approximate surface area is 147 Å². The van der Waals surface area contributed by atoms with Crippen molar-refractivity contribution in [2.45, 2.75) is 32.4 Å². The smallest absolute Gasteiger partial charge is 0.255 e. The fourth-order valence-electron chi connectivity index (χ4n) is 3.19. The lowest BCUT2D eigenvalue weighted by atomic mass is 10.1. The molecule has 25 heavy (non-hydrogen) atoms. The Balaban J connectivity index is 1.84. The first-order valence-electron chi connectivity index (χ1n) is 8.66. The largest absolute Gasteiger partial charge is 0.376 e. The average molecular weight is 340 g/mol.